The van der Waals surface area contributed by atoms with E-state index in [0.29, 0.717) is 11.8 Å². The topological polar surface area (TPSA) is 29.5 Å². The van der Waals surface area contributed by atoms with E-state index in [2.05, 4.69) is 6.92 Å². The van der Waals surface area contributed by atoms with Crippen LogP contribution in [0.5, 0.6) is 5.75 Å². The Labute approximate surface area is 154 Å². The summed E-state index contributed by atoms with van der Waals surface area (Å²) in [6.07, 6.45) is -3.54. The van der Waals surface area contributed by atoms with E-state index in [4.69, 9.17) is 4.74 Å². The Morgan fingerprint density at radius 1 is 1.19 bits per heavy atom. The highest BCUT2D eigenvalue weighted by Crippen LogP contribution is 2.37. The summed E-state index contributed by atoms with van der Waals surface area (Å²) >= 11 is 1.73. The maximum Gasteiger partial charge on any atom is 0.416 e. The van der Waals surface area contributed by atoms with Crippen LogP contribution in [-0.4, -0.2) is 24.3 Å². The van der Waals surface area contributed by atoms with E-state index in [0.717, 1.165) is 29.1 Å². The number of rotatable bonds is 3. The van der Waals surface area contributed by atoms with E-state index in [-0.39, 0.29) is 18.3 Å². The minimum atomic E-state index is -4.39. The molecule has 0 N–H and O–H groups in total. The summed E-state index contributed by atoms with van der Waals surface area (Å²) < 4.78 is 43.2. The maximum atomic E-state index is 12.6. The third kappa shape index (κ3) is 4.33. The molecule has 1 heterocycles. The van der Waals surface area contributed by atoms with Crippen LogP contribution in [0.25, 0.3) is 0 Å². The first-order chi connectivity index (χ1) is 12.3. The Balaban J connectivity index is 1.68. The van der Waals surface area contributed by atoms with Gasteiger partial charge in [-0.05, 0) is 42.8 Å². The van der Waals surface area contributed by atoms with Gasteiger partial charge in [-0.2, -0.15) is 13.2 Å². The van der Waals surface area contributed by atoms with Crippen LogP contribution in [0.3, 0.4) is 0 Å². The van der Waals surface area contributed by atoms with E-state index in [1.54, 1.807) is 16.7 Å². The number of para-hydroxylation sites is 1. The Morgan fingerprint density at radius 3 is 2.58 bits per heavy atom. The van der Waals surface area contributed by atoms with Crippen LogP contribution < -0.4 is 9.64 Å². The molecular weight excluding hydrogens is 363 g/mol. The number of fused-ring (bicyclic) bond motifs is 1. The van der Waals surface area contributed by atoms with Crippen LogP contribution in [0.1, 0.15) is 18.9 Å². The smallest absolute Gasteiger partial charge is 0.416 e. The molecule has 1 atom stereocenters. The fourth-order valence-electron chi connectivity index (χ4n) is 2.71. The van der Waals surface area contributed by atoms with Crippen molar-refractivity contribution in [1.82, 2.24) is 0 Å². The number of nitrogens with zero attached hydrogens (tertiary/aromatic N) is 1. The molecule has 0 fully saturated rings. The molecule has 138 valence electrons. The van der Waals surface area contributed by atoms with Gasteiger partial charge in [0.1, 0.15) is 5.75 Å². The number of amides is 1. The van der Waals surface area contributed by atoms with Gasteiger partial charge in [-0.25, -0.2) is 0 Å². The van der Waals surface area contributed by atoms with Gasteiger partial charge in [0, 0.05) is 16.7 Å². The summed E-state index contributed by atoms with van der Waals surface area (Å²) in [5.41, 5.74) is 0.103. The van der Waals surface area contributed by atoms with Gasteiger partial charge >= 0.3 is 6.18 Å². The first kappa shape index (κ1) is 18.6. The molecule has 0 unspecified atom stereocenters. The van der Waals surface area contributed by atoms with Crippen molar-refractivity contribution >= 4 is 23.4 Å². The molecule has 0 bridgehead atoms. The zero-order chi connectivity index (χ0) is 18.7. The zero-order valence-corrected chi connectivity index (χ0v) is 14.9. The van der Waals surface area contributed by atoms with Crippen LogP contribution >= 0.6 is 11.8 Å². The fraction of sp³-hybridized carbons (Fsp3) is 0.316. The van der Waals surface area contributed by atoms with E-state index in [1.165, 1.54) is 12.1 Å². The Kier molecular flexibility index (Phi) is 5.46. The summed E-state index contributed by atoms with van der Waals surface area (Å²) in [6.45, 7) is 2.48. The normalized spacial score (nSPS) is 17.4. The van der Waals surface area contributed by atoms with Crippen LogP contribution in [0, 0.1) is 0 Å². The molecule has 1 aliphatic heterocycles. The molecule has 0 saturated carbocycles. The quantitative estimate of drug-likeness (QED) is 0.749. The van der Waals surface area contributed by atoms with E-state index >= 15 is 0 Å². The fourth-order valence-corrected chi connectivity index (χ4v) is 3.82. The van der Waals surface area contributed by atoms with Gasteiger partial charge in [0.25, 0.3) is 5.91 Å². The third-order valence-electron chi connectivity index (χ3n) is 4.09. The molecule has 3 nitrogen and oxygen atoms in total. The minimum absolute atomic E-state index is 0.216. The van der Waals surface area contributed by atoms with Crippen molar-refractivity contribution in [3.63, 3.8) is 0 Å². The van der Waals surface area contributed by atoms with Gasteiger partial charge in [-0.3, -0.25) is 4.79 Å². The summed E-state index contributed by atoms with van der Waals surface area (Å²) in [5, 5.41) is 0.393. The lowest BCUT2D eigenvalue weighted by Gasteiger charge is -2.22. The van der Waals surface area contributed by atoms with Gasteiger partial charge < -0.3 is 9.64 Å². The van der Waals surface area contributed by atoms with Crippen LogP contribution in [0.4, 0.5) is 18.9 Å². The second-order valence-electron chi connectivity index (χ2n) is 6.04. The van der Waals surface area contributed by atoms with Gasteiger partial charge in [0.15, 0.2) is 6.61 Å². The third-order valence-corrected chi connectivity index (χ3v) is 5.33. The highest BCUT2D eigenvalue weighted by atomic mass is 32.2. The number of hydrogen-bond acceptors (Lipinski definition) is 3. The second-order valence-corrected chi connectivity index (χ2v) is 7.52. The molecule has 0 spiro atoms. The summed E-state index contributed by atoms with van der Waals surface area (Å²) in [6, 6.07) is 12.0. The van der Waals surface area contributed by atoms with Crippen molar-refractivity contribution in [3.05, 3.63) is 54.1 Å². The standard InChI is InChI=1S/C19H18F3NO2S/c1-13-10-11-23(16-4-2-3-5-17(16)26-13)18(24)12-25-15-8-6-14(7-9-15)19(20,21)22/h2-9,13H,10-12H2,1H3/t13-/m1/s1. The number of anilines is 1. The van der Waals surface area contributed by atoms with E-state index in [9.17, 15) is 18.0 Å². The molecule has 1 amide bonds. The second kappa shape index (κ2) is 7.61. The number of benzene rings is 2. The van der Waals surface area contributed by atoms with Gasteiger partial charge in [0.05, 0.1) is 11.3 Å². The molecule has 3 rings (SSSR count). The van der Waals surface area contributed by atoms with Crippen molar-refractivity contribution in [1.29, 1.82) is 0 Å². The molecule has 0 radical (unpaired) electrons. The zero-order valence-electron chi connectivity index (χ0n) is 14.1. The van der Waals surface area contributed by atoms with Crippen LogP contribution in [0.15, 0.2) is 53.4 Å². The van der Waals surface area contributed by atoms with Gasteiger partial charge in [-0.15, -0.1) is 11.8 Å². The van der Waals surface area contributed by atoms with Crippen molar-refractivity contribution in [2.24, 2.45) is 0 Å². The van der Waals surface area contributed by atoms with Crippen molar-refractivity contribution in [3.8, 4) is 5.75 Å². The molecule has 2 aromatic carbocycles. The molecule has 0 aromatic heterocycles. The molecule has 7 heteroatoms. The average molecular weight is 381 g/mol. The Hall–Kier alpha value is -2.15. The maximum absolute atomic E-state index is 12.6. The highest BCUT2D eigenvalue weighted by molar-refractivity contribution is 8.00. The van der Waals surface area contributed by atoms with Crippen molar-refractivity contribution in [2.75, 3.05) is 18.1 Å². The van der Waals surface area contributed by atoms with Crippen molar-refractivity contribution in [2.45, 2.75) is 29.7 Å². The minimum Gasteiger partial charge on any atom is -0.484 e. The summed E-state index contributed by atoms with van der Waals surface area (Å²) in [4.78, 5) is 15.4. The predicted molar refractivity (Wildman–Crippen MR) is 95.7 cm³/mol. The SMILES string of the molecule is C[C@@H]1CCN(C(=O)COc2ccc(C(F)(F)F)cc2)c2ccccc2S1. The molecule has 26 heavy (non-hydrogen) atoms. The monoisotopic (exact) mass is 381 g/mol. The van der Waals surface area contributed by atoms with E-state index < -0.39 is 11.7 Å². The number of thioether (sulfide) groups is 1. The number of carbonyl (C=O) groups is 1. The molecule has 1 aliphatic rings. The number of hydrogen-bond donors (Lipinski definition) is 0. The Morgan fingerprint density at radius 2 is 1.88 bits per heavy atom. The number of halogens is 3. The number of carbonyl (C=O) groups excluding carboxylic acids is 1. The van der Waals surface area contributed by atoms with Crippen molar-refractivity contribution < 1.29 is 22.7 Å². The number of alkyl halides is 3. The average Bonchev–Trinajstić information content (AvgIpc) is 2.77. The van der Waals surface area contributed by atoms with Crippen LogP contribution in [0.2, 0.25) is 0 Å². The largest absolute Gasteiger partial charge is 0.484 e. The first-order valence-corrected chi connectivity index (χ1v) is 9.08. The lowest BCUT2D eigenvalue weighted by molar-refractivity contribution is -0.137. The summed E-state index contributed by atoms with van der Waals surface area (Å²) in [5.74, 6) is 0.0178. The predicted octanol–water partition coefficient (Wildman–Crippen LogP) is 5.00. The molecular formula is C19H18F3NO2S. The summed E-state index contributed by atoms with van der Waals surface area (Å²) in [7, 11) is 0. The number of ether oxygens (including phenoxy) is 1. The van der Waals surface area contributed by atoms with Crippen LogP contribution in [-0.2, 0) is 11.0 Å². The van der Waals surface area contributed by atoms with Gasteiger partial charge in [0.2, 0.25) is 0 Å². The molecule has 0 saturated heterocycles. The first-order valence-electron chi connectivity index (χ1n) is 8.21. The Bertz CT molecular complexity index is 777. The van der Waals surface area contributed by atoms with E-state index in [1.807, 2.05) is 24.3 Å². The lowest BCUT2D eigenvalue weighted by Crippen LogP contribution is -2.36. The highest BCUT2D eigenvalue weighted by Gasteiger charge is 2.30. The van der Waals surface area contributed by atoms with Gasteiger partial charge in [-0.1, -0.05) is 19.1 Å². The lowest BCUT2D eigenvalue weighted by atomic mass is 10.2. The molecule has 2 aromatic rings. The molecule has 0 aliphatic carbocycles.